The Morgan fingerprint density at radius 1 is 1.08 bits per heavy atom. The summed E-state index contributed by atoms with van der Waals surface area (Å²) in [7, 11) is 0. The Hall–Kier alpha value is -2.82. The average molecular weight is 352 g/mol. The normalized spacial score (nSPS) is 13.5. The van der Waals surface area contributed by atoms with Gasteiger partial charge in [0.1, 0.15) is 5.75 Å². The molecule has 2 amide bonds. The number of benzene rings is 2. The SMILES string of the molecule is Cc1ccc(C)c(OCC(=O)Nc2ccccc2C(=O)N2CCCC2)c1. The lowest BCUT2D eigenvalue weighted by Crippen LogP contribution is -2.29. The van der Waals surface area contributed by atoms with Gasteiger partial charge in [-0.2, -0.15) is 0 Å². The van der Waals surface area contributed by atoms with Crippen molar-refractivity contribution in [3.05, 3.63) is 59.2 Å². The van der Waals surface area contributed by atoms with Crippen LogP contribution in [0.2, 0.25) is 0 Å². The summed E-state index contributed by atoms with van der Waals surface area (Å²) in [6, 6.07) is 13.0. The lowest BCUT2D eigenvalue weighted by atomic mass is 10.1. The van der Waals surface area contributed by atoms with E-state index >= 15 is 0 Å². The van der Waals surface area contributed by atoms with Gasteiger partial charge in [0, 0.05) is 13.1 Å². The number of para-hydroxylation sites is 1. The molecule has 2 aromatic rings. The molecular formula is C21H24N2O3. The molecule has 26 heavy (non-hydrogen) atoms. The Morgan fingerprint density at radius 2 is 1.81 bits per heavy atom. The minimum atomic E-state index is -0.285. The number of hydrogen-bond acceptors (Lipinski definition) is 3. The van der Waals surface area contributed by atoms with Crippen molar-refractivity contribution in [2.24, 2.45) is 0 Å². The zero-order valence-electron chi connectivity index (χ0n) is 15.2. The highest BCUT2D eigenvalue weighted by molar-refractivity contribution is 6.04. The molecule has 1 aliphatic heterocycles. The number of hydrogen-bond donors (Lipinski definition) is 1. The fourth-order valence-corrected chi connectivity index (χ4v) is 3.06. The summed E-state index contributed by atoms with van der Waals surface area (Å²) in [4.78, 5) is 26.8. The van der Waals surface area contributed by atoms with E-state index in [9.17, 15) is 9.59 Å². The lowest BCUT2D eigenvalue weighted by molar-refractivity contribution is -0.118. The van der Waals surface area contributed by atoms with Gasteiger partial charge in [-0.3, -0.25) is 9.59 Å². The molecule has 1 aliphatic rings. The largest absolute Gasteiger partial charge is 0.483 e. The number of likely N-dealkylation sites (tertiary alicyclic amines) is 1. The van der Waals surface area contributed by atoms with Crippen molar-refractivity contribution < 1.29 is 14.3 Å². The lowest BCUT2D eigenvalue weighted by Gasteiger charge is -2.18. The second-order valence-corrected chi connectivity index (χ2v) is 6.65. The van der Waals surface area contributed by atoms with Gasteiger partial charge in [0.15, 0.2) is 6.61 Å². The van der Waals surface area contributed by atoms with Crippen molar-refractivity contribution in [1.82, 2.24) is 4.90 Å². The van der Waals surface area contributed by atoms with E-state index in [4.69, 9.17) is 4.74 Å². The third-order valence-corrected chi connectivity index (χ3v) is 4.53. The van der Waals surface area contributed by atoms with Crippen molar-refractivity contribution in [3.8, 4) is 5.75 Å². The van der Waals surface area contributed by atoms with Gasteiger partial charge < -0.3 is 15.0 Å². The van der Waals surface area contributed by atoms with E-state index in [1.54, 1.807) is 12.1 Å². The van der Waals surface area contributed by atoms with Crippen LogP contribution in [-0.4, -0.2) is 36.4 Å². The summed E-state index contributed by atoms with van der Waals surface area (Å²) in [6.07, 6.45) is 2.06. The number of nitrogens with zero attached hydrogens (tertiary/aromatic N) is 1. The van der Waals surface area contributed by atoms with Crippen LogP contribution in [0.5, 0.6) is 5.75 Å². The molecule has 0 atom stereocenters. The number of carbonyl (C=O) groups is 2. The van der Waals surface area contributed by atoms with Gasteiger partial charge in [-0.25, -0.2) is 0 Å². The van der Waals surface area contributed by atoms with Gasteiger partial charge in [-0.1, -0.05) is 24.3 Å². The molecule has 3 rings (SSSR count). The molecule has 2 aromatic carbocycles. The van der Waals surface area contributed by atoms with Crippen LogP contribution in [0.25, 0.3) is 0 Å². The van der Waals surface area contributed by atoms with E-state index < -0.39 is 0 Å². The highest BCUT2D eigenvalue weighted by Crippen LogP contribution is 2.21. The molecule has 0 saturated carbocycles. The Labute approximate surface area is 154 Å². The molecule has 0 unspecified atom stereocenters. The van der Waals surface area contributed by atoms with E-state index in [0.717, 1.165) is 37.1 Å². The number of anilines is 1. The van der Waals surface area contributed by atoms with Crippen LogP contribution in [0.4, 0.5) is 5.69 Å². The van der Waals surface area contributed by atoms with E-state index in [1.807, 2.05) is 49.1 Å². The van der Waals surface area contributed by atoms with Gasteiger partial charge in [0.2, 0.25) is 0 Å². The minimum Gasteiger partial charge on any atom is -0.483 e. The molecule has 0 spiro atoms. The summed E-state index contributed by atoms with van der Waals surface area (Å²) < 4.78 is 5.64. The maximum atomic E-state index is 12.7. The minimum absolute atomic E-state index is 0.0335. The molecule has 0 radical (unpaired) electrons. The third-order valence-electron chi connectivity index (χ3n) is 4.53. The first kappa shape index (κ1) is 18.0. The Balaban J connectivity index is 1.66. The van der Waals surface area contributed by atoms with E-state index in [0.29, 0.717) is 17.0 Å². The van der Waals surface area contributed by atoms with Crippen LogP contribution < -0.4 is 10.1 Å². The number of ether oxygens (including phenoxy) is 1. The summed E-state index contributed by atoms with van der Waals surface area (Å²) in [5.74, 6) is 0.378. The van der Waals surface area contributed by atoms with Crippen LogP contribution in [0.15, 0.2) is 42.5 Å². The van der Waals surface area contributed by atoms with Crippen LogP contribution in [0, 0.1) is 13.8 Å². The standard InChI is InChI=1S/C21H24N2O3/c1-15-9-10-16(2)19(13-15)26-14-20(24)22-18-8-4-3-7-17(18)21(25)23-11-5-6-12-23/h3-4,7-10,13H,5-6,11-12,14H2,1-2H3,(H,22,24). The number of rotatable bonds is 5. The summed E-state index contributed by atoms with van der Waals surface area (Å²) in [5.41, 5.74) is 3.11. The van der Waals surface area contributed by atoms with E-state index in [1.165, 1.54) is 0 Å². The zero-order valence-corrected chi connectivity index (χ0v) is 15.2. The molecule has 5 nitrogen and oxygen atoms in total. The summed E-state index contributed by atoms with van der Waals surface area (Å²) in [6.45, 7) is 5.37. The smallest absolute Gasteiger partial charge is 0.262 e. The molecule has 1 N–H and O–H groups in total. The first-order chi connectivity index (χ1) is 12.5. The van der Waals surface area contributed by atoms with E-state index in [-0.39, 0.29) is 18.4 Å². The van der Waals surface area contributed by atoms with Crippen LogP contribution in [0.3, 0.4) is 0 Å². The quantitative estimate of drug-likeness (QED) is 0.895. The van der Waals surface area contributed by atoms with E-state index in [2.05, 4.69) is 5.32 Å². The topological polar surface area (TPSA) is 58.6 Å². The second-order valence-electron chi connectivity index (χ2n) is 6.65. The number of nitrogens with one attached hydrogen (secondary N) is 1. The zero-order chi connectivity index (χ0) is 18.5. The first-order valence-corrected chi connectivity index (χ1v) is 8.93. The fourth-order valence-electron chi connectivity index (χ4n) is 3.06. The van der Waals surface area contributed by atoms with Crippen molar-refractivity contribution in [2.75, 3.05) is 25.0 Å². The summed E-state index contributed by atoms with van der Waals surface area (Å²) >= 11 is 0. The molecule has 1 heterocycles. The summed E-state index contributed by atoms with van der Waals surface area (Å²) in [5, 5.41) is 2.81. The second kappa shape index (κ2) is 8.04. The van der Waals surface area contributed by atoms with Gasteiger partial charge in [-0.05, 0) is 56.0 Å². The van der Waals surface area contributed by atoms with Crippen molar-refractivity contribution in [2.45, 2.75) is 26.7 Å². The van der Waals surface area contributed by atoms with Gasteiger partial charge >= 0.3 is 0 Å². The molecule has 5 heteroatoms. The third kappa shape index (κ3) is 4.23. The Bertz CT molecular complexity index is 811. The molecule has 1 fully saturated rings. The van der Waals surface area contributed by atoms with Gasteiger partial charge in [0.25, 0.3) is 11.8 Å². The highest BCUT2D eigenvalue weighted by atomic mass is 16.5. The fraction of sp³-hybridized carbons (Fsp3) is 0.333. The first-order valence-electron chi connectivity index (χ1n) is 8.93. The van der Waals surface area contributed by atoms with Crippen molar-refractivity contribution >= 4 is 17.5 Å². The van der Waals surface area contributed by atoms with Gasteiger partial charge in [0.05, 0.1) is 11.3 Å². The predicted molar refractivity (Wildman–Crippen MR) is 102 cm³/mol. The molecule has 0 aliphatic carbocycles. The Morgan fingerprint density at radius 3 is 2.58 bits per heavy atom. The number of aryl methyl sites for hydroxylation is 2. The average Bonchev–Trinajstić information content (AvgIpc) is 3.17. The molecule has 0 bridgehead atoms. The number of carbonyl (C=O) groups excluding carboxylic acids is 2. The van der Waals surface area contributed by atoms with Crippen LogP contribution in [-0.2, 0) is 4.79 Å². The highest BCUT2D eigenvalue weighted by Gasteiger charge is 2.22. The van der Waals surface area contributed by atoms with Crippen molar-refractivity contribution in [3.63, 3.8) is 0 Å². The maximum absolute atomic E-state index is 12.7. The predicted octanol–water partition coefficient (Wildman–Crippen LogP) is 3.56. The van der Waals surface area contributed by atoms with Crippen molar-refractivity contribution in [1.29, 1.82) is 0 Å². The van der Waals surface area contributed by atoms with Gasteiger partial charge in [-0.15, -0.1) is 0 Å². The molecule has 136 valence electrons. The van der Waals surface area contributed by atoms with Crippen LogP contribution >= 0.6 is 0 Å². The molecule has 1 saturated heterocycles. The Kier molecular flexibility index (Phi) is 5.56. The monoisotopic (exact) mass is 352 g/mol. The van der Waals surface area contributed by atoms with Crippen LogP contribution in [0.1, 0.15) is 34.3 Å². The molecular weight excluding hydrogens is 328 g/mol. The molecule has 0 aromatic heterocycles. The number of amides is 2. The maximum Gasteiger partial charge on any atom is 0.262 e.